The molecule has 0 aliphatic carbocycles. The van der Waals surface area contributed by atoms with Crippen molar-refractivity contribution in [2.75, 3.05) is 44.2 Å². The zero-order valence-electron chi connectivity index (χ0n) is 20.7. The van der Waals surface area contributed by atoms with E-state index in [1.165, 1.54) is 11.0 Å². The van der Waals surface area contributed by atoms with Gasteiger partial charge in [-0.2, -0.15) is 0 Å². The van der Waals surface area contributed by atoms with E-state index in [-0.39, 0.29) is 30.6 Å². The van der Waals surface area contributed by atoms with Gasteiger partial charge in [0.2, 0.25) is 0 Å². The van der Waals surface area contributed by atoms with E-state index < -0.39 is 0 Å². The molecule has 0 bridgehead atoms. The van der Waals surface area contributed by atoms with Crippen molar-refractivity contribution in [1.82, 2.24) is 9.80 Å². The predicted octanol–water partition coefficient (Wildman–Crippen LogP) is 4.55. The zero-order valence-corrected chi connectivity index (χ0v) is 20.7. The number of piperazine rings is 1. The van der Waals surface area contributed by atoms with E-state index in [0.717, 1.165) is 49.7 Å². The van der Waals surface area contributed by atoms with Gasteiger partial charge < -0.3 is 9.64 Å². The van der Waals surface area contributed by atoms with Crippen molar-refractivity contribution in [2.45, 2.75) is 13.0 Å². The van der Waals surface area contributed by atoms with Crippen LogP contribution in [0.4, 0.5) is 10.1 Å². The molecule has 2 aliphatic rings. The lowest BCUT2D eigenvalue weighted by Gasteiger charge is -2.37. The van der Waals surface area contributed by atoms with E-state index in [9.17, 15) is 14.0 Å². The van der Waals surface area contributed by atoms with Gasteiger partial charge in [-0.15, -0.1) is 0 Å². The summed E-state index contributed by atoms with van der Waals surface area (Å²) in [5.74, 6) is -0.0755. The number of amides is 2. The normalized spacial score (nSPS) is 15.7. The van der Waals surface area contributed by atoms with Crippen LogP contribution in [0.3, 0.4) is 0 Å². The number of carbonyl (C=O) groups excluding carboxylic acids is 2. The molecular weight excluding hydrogens is 469 g/mol. The summed E-state index contributed by atoms with van der Waals surface area (Å²) >= 11 is 0. The Morgan fingerprint density at radius 3 is 2.35 bits per heavy atom. The van der Waals surface area contributed by atoms with Crippen LogP contribution in [0.1, 0.15) is 31.8 Å². The molecule has 0 atom stereocenters. The third-order valence-corrected chi connectivity index (χ3v) is 6.98. The van der Waals surface area contributed by atoms with Gasteiger partial charge in [0.1, 0.15) is 18.2 Å². The van der Waals surface area contributed by atoms with Gasteiger partial charge in [0.15, 0.2) is 0 Å². The summed E-state index contributed by atoms with van der Waals surface area (Å²) < 4.78 is 19.9. The van der Waals surface area contributed by atoms with Gasteiger partial charge in [0.25, 0.3) is 11.8 Å². The van der Waals surface area contributed by atoms with Crippen LogP contribution in [0.15, 0.2) is 79.4 Å². The molecule has 7 heteroatoms. The quantitative estimate of drug-likeness (QED) is 0.319. The van der Waals surface area contributed by atoms with Crippen molar-refractivity contribution < 1.29 is 18.7 Å². The second-order valence-electron chi connectivity index (χ2n) is 9.27. The third kappa shape index (κ3) is 5.13. The number of halogens is 1. The maximum absolute atomic E-state index is 14.1. The molecule has 2 aliphatic heterocycles. The Kier molecular flexibility index (Phi) is 7.32. The molecule has 0 N–H and O–H groups in total. The van der Waals surface area contributed by atoms with Gasteiger partial charge in [-0.1, -0.05) is 55.1 Å². The summed E-state index contributed by atoms with van der Waals surface area (Å²) in [5, 5.41) is 0. The summed E-state index contributed by atoms with van der Waals surface area (Å²) in [5.41, 5.74) is 3.29. The molecule has 6 nitrogen and oxygen atoms in total. The second-order valence-corrected chi connectivity index (χ2v) is 9.27. The third-order valence-electron chi connectivity index (χ3n) is 6.98. The summed E-state index contributed by atoms with van der Waals surface area (Å²) in [6, 6.07) is 19.9. The summed E-state index contributed by atoms with van der Waals surface area (Å²) in [6.07, 6.45) is 2.02. The maximum Gasteiger partial charge on any atom is 0.263 e. The minimum atomic E-state index is -0.326. The first-order chi connectivity index (χ1) is 18.1. The van der Waals surface area contributed by atoms with Crippen LogP contribution >= 0.6 is 0 Å². The highest BCUT2D eigenvalue weighted by Gasteiger charge is 2.38. The van der Waals surface area contributed by atoms with E-state index >= 15 is 0 Å². The number of rotatable bonds is 9. The fraction of sp³-hybridized carbons (Fsp3) is 0.267. The van der Waals surface area contributed by atoms with Gasteiger partial charge in [0, 0.05) is 44.8 Å². The highest BCUT2D eigenvalue weighted by atomic mass is 19.1. The van der Waals surface area contributed by atoms with Crippen LogP contribution in [-0.2, 0) is 13.0 Å². The number of hydrogen-bond donors (Lipinski definition) is 0. The number of para-hydroxylation sites is 1. The van der Waals surface area contributed by atoms with Crippen LogP contribution < -0.4 is 9.64 Å². The van der Waals surface area contributed by atoms with E-state index in [0.29, 0.717) is 23.3 Å². The molecule has 2 amide bonds. The lowest BCUT2D eigenvalue weighted by Crippen LogP contribution is -2.46. The van der Waals surface area contributed by atoms with Gasteiger partial charge in [-0.05, 0) is 36.2 Å². The van der Waals surface area contributed by atoms with E-state index in [1.807, 2.05) is 30.3 Å². The molecule has 0 spiro atoms. The van der Waals surface area contributed by atoms with Crippen molar-refractivity contribution in [3.63, 3.8) is 0 Å². The Bertz CT molecular complexity index is 1320. The largest absolute Gasteiger partial charge is 0.489 e. The molecule has 1 fully saturated rings. The van der Waals surface area contributed by atoms with Crippen LogP contribution in [-0.4, -0.2) is 60.9 Å². The van der Waals surface area contributed by atoms with E-state index in [1.54, 1.807) is 30.3 Å². The first-order valence-corrected chi connectivity index (χ1v) is 12.6. The van der Waals surface area contributed by atoms with E-state index in [4.69, 9.17) is 4.74 Å². The highest BCUT2D eigenvalue weighted by Crippen LogP contribution is 2.33. The Balaban J connectivity index is 1.26. The molecule has 190 valence electrons. The number of hydrogen-bond acceptors (Lipinski definition) is 5. The average molecular weight is 500 g/mol. The number of nitrogens with zero attached hydrogens (tertiary/aromatic N) is 3. The number of fused-ring (bicyclic) bond motifs is 1. The van der Waals surface area contributed by atoms with Crippen molar-refractivity contribution >= 4 is 17.5 Å². The Labute approximate surface area is 216 Å². The SMILES string of the molecule is C=CCOc1ccccc1CN1CCN(c2cccc3c2C(=O)N(CCc2ccccc2F)C3=O)CC1. The van der Waals surface area contributed by atoms with Crippen LogP contribution in [0, 0.1) is 5.82 Å². The zero-order chi connectivity index (χ0) is 25.8. The lowest BCUT2D eigenvalue weighted by atomic mass is 10.1. The molecular formula is C30H30FN3O3. The fourth-order valence-corrected chi connectivity index (χ4v) is 5.03. The number of imide groups is 1. The second kappa shape index (κ2) is 11.0. The first kappa shape index (κ1) is 24.7. The maximum atomic E-state index is 14.1. The molecule has 3 aromatic carbocycles. The van der Waals surface area contributed by atoms with Gasteiger partial charge in [-0.3, -0.25) is 19.4 Å². The molecule has 3 aromatic rings. The minimum Gasteiger partial charge on any atom is -0.489 e. The molecule has 0 radical (unpaired) electrons. The standard InChI is InChI=1S/C30H30FN3O3/c1-2-20-37-27-13-6-4-9-23(27)21-32-16-18-33(19-17-32)26-12-7-10-24-28(26)30(36)34(29(24)35)15-14-22-8-3-5-11-25(22)31/h2-13H,1,14-21H2. The predicted molar refractivity (Wildman–Crippen MR) is 142 cm³/mol. The van der Waals surface area contributed by atoms with Crippen molar-refractivity contribution in [2.24, 2.45) is 0 Å². The Morgan fingerprint density at radius 2 is 1.59 bits per heavy atom. The Hall–Kier alpha value is -3.97. The number of anilines is 1. The average Bonchev–Trinajstić information content (AvgIpc) is 3.17. The molecule has 0 aromatic heterocycles. The smallest absolute Gasteiger partial charge is 0.263 e. The monoisotopic (exact) mass is 499 g/mol. The summed E-state index contributed by atoms with van der Waals surface area (Å²) in [6.45, 7) is 8.22. The number of benzene rings is 3. The molecule has 37 heavy (non-hydrogen) atoms. The minimum absolute atomic E-state index is 0.147. The molecule has 5 rings (SSSR count). The van der Waals surface area contributed by atoms with Crippen LogP contribution in [0.2, 0.25) is 0 Å². The van der Waals surface area contributed by atoms with Gasteiger partial charge in [0.05, 0.1) is 16.8 Å². The Morgan fingerprint density at radius 1 is 0.865 bits per heavy atom. The topological polar surface area (TPSA) is 53.1 Å². The summed E-state index contributed by atoms with van der Waals surface area (Å²) in [4.78, 5) is 32.2. The van der Waals surface area contributed by atoms with E-state index in [2.05, 4.69) is 22.4 Å². The fourth-order valence-electron chi connectivity index (χ4n) is 5.03. The molecule has 2 heterocycles. The van der Waals surface area contributed by atoms with Gasteiger partial charge in [-0.25, -0.2) is 4.39 Å². The van der Waals surface area contributed by atoms with Crippen molar-refractivity contribution in [3.05, 3.63) is 107 Å². The summed E-state index contributed by atoms with van der Waals surface area (Å²) in [7, 11) is 0. The molecule has 0 saturated carbocycles. The van der Waals surface area contributed by atoms with Crippen molar-refractivity contribution in [3.8, 4) is 5.75 Å². The number of carbonyl (C=O) groups is 2. The lowest BCUT2D eigenvalue weighted by molar-refractivity contribution is 0.0656. The van der Waals surface area contributed by atoms with Crippen LogP contribution in [0.5, 0.6) is 5.75 Å². The van der Waals surface area contributed by atoms with Crippen molar-refractivity contribution in [1.29, 1.82) is 0 Å². The molecule has 0 unspecified atom stereocenters. The highest BCUT2D eigenvalue weighted by molar-refractivity contribution is 6.23. The molecule has 1 saturated heterocycles. The number of ether oxygens (including phenoxy) is 1. The van der Waals surface area contributed by atoms with Crippen LogP contribution in [0.25, 0.3) is 0 Å². The first-order valence-electron chi connectivity index (χ1n) is 12.6. The van der Waals surface area contributed by atoms with Gasteiger partial charge >= 0.3 is 0 Å².